The third-order valence-electron chi connectivity index (χ3n) is 4.22. The lowest BCUT2D eigenvalue weighted by molar-refractivity contribution is -0.138. The lowest BCUT2D eigenvalue weighted by atomic mass is 10.1. The van der Waals surface area contributed by atoms with E-state index in [1.165, 1.54) is 12.1 Å². The van der Waals surface area contributed by atoms with Crippen LogP contribution in [0.2, 0.25) is 0 Å². The molecule has 26 heavy (non-hydrogen) atoms. The standard InChI is InChI=1S/C17H17F3N2O4/c1-9-8-22-12(5-6-26-9)14(16(23)24)21-15(22)10-3-4-11(17(18,19)20)13(7-10)25-2/h3-4,7,9H,5-6,8H2,1-2H3,(H,23,24). The maximum Gasteiger partial charge on any atom is 0.419 e. The first-order chi connectivity index (χ1) is 12.2. The van der Waals surface area contributed by atoms with Crippen molar-refractivity contribution in [2.45, 2.75) is 32.2 Å². The summed E-state index contributed by atoms with van der Waals surface area (Å²) in [7, 11) is 1.15. The number of aromatic nitrogens is 2. The average molecular weight is 370 g/mol. The molecule has 0 bridgehead atoms. The Morgan fingerprint density at radius 3 is 2.77 bits per heavy atom. The molecule has 1 aliphatic rings. The van der Waals surface area contributed by atoms with E-state index in [0.29, 0.717) is 30.8 Å². The zero-order valence-corrected chi connectivity index (χ0v) is 14.1. The summed E-state index contributed by atoms with van der Waals surface area (Å²) in [6.45, 7) is 2.55. The van der Waals surface area contributed by atoms with Gasteiger partial charge in [-0.15, -0.1) is 0 Å². The van der Waals surface area contributed by atoms with Gasteiger partial charge in [-0.25, -0.2) is 9.78 Å². The second-order valence-electron chi connectivity index (χ2n) is 5.99. The fraction of sp³-hybridized carbons (Fsp3) is 0.412. The molecule has 3 rings (SSSR count). The largest absolute Gasteiger partial charge is 0.496 e. The van der Waals surface area contributed by atoms with Crippen LogP contribution < -0.4 is 4.74 Å². The van der Waals surface area contributed by atoms with Gasteiger partial charge < -0.3 is 19.1 Å². The van der Waals surface area contributed by atoms with Gasteiger partial charge in [-0.3, -0.25) is 0 Å². The summed E-state index contributed by atoms with van der Waals surface area (Å²) in [5.41, 5.74) is -0.175. The summed E-state index contributed by atoms with van der Waals surface area (Å²) in [6.07, 6.45) is -4.37. The molecule has 0 fully saturated rings. The Morgan fingerprint density at radius 2 is 2.15 bits per heavy atom. The number of rotatable bonds is 3. The van der Waals surface area contributed by atoms with Crippen LogP contribution in [0.5, 0.6) is 5.75 Å². The molecular formula is C17H17F3N2O4. The van der Waals surface area contributed by atoms with E-state index < -0.39 is 17.7 Å². The maximum atomic E-state index is 13.1. The third kappa shape index (κ3) is 3.26. The molecule has 0 saturated heterocycles. The van der Waals surface area contributed by atoms with E-state index in [-0.39, 0.29) is 23.4 Å². The lowest BCUT2D eigenvalue weighted by Gasteiger charge is -2.15. The smallest absolute Gasteiger partial charge is 0.419 e. The zero-order valence-electron chi connectivity index (χ0n) is 14.1. The van der Waals surface area contributed by atoms with Crippen molar-refractivity contribution in [1.29, 1.82) is 0 Å². The molecule has 1 N–H and O–H groups in total. The first kappa shape index (κ1) is 18.2. The number of carboxylic acid groups (broad SMARTS) is 1. The molecule has 2 aromatic rings. The Balaban J connectivity index is 2.17. The van der Waals surface area contributed by atoms with Crippen molar-refractivity contribution in [3.05, 3.63) is 35.2 Å². The van der Waals surface area contributed by atoms with E-state index >= 15 is 0 Å². The summed E-state index contributed by atoms with van der Waals surface area (Å²) >= 11 is 0. The molecule has 1 aliphatic heterocycles. The summed E-state index contributed by atoms with van der Waals surface area (Å²) in [4.78, 5) is 15.7. The molecule has 1 atom stereocenters. The number of aromatic carboxylic acids is 1. The lowest BCUT2D eigenvalue weighted by Crippen LogP contribution is -2.15. The minimum absolute atomic E-state index is 0.114. The number of hydrogen-bond acceptors (Lipinski definition) is 4. The summed E-state index contributed by atoms with van der Waals surface area (Å²) in [6, 6.07) is 3.40. The second kappa shape index (κ2) is 6.64. The fourth-order valence-electron chi connectivity index (χ4n) is 3.06. The SMILES string of the molecule is COc1cc(-c2nc(C(=O)O)c3n2CC(C)OCC3)ccc1C(F)(F)F. The fourth-order valence-corrected chi connectivity index (χ4v) is 3.06. The normalized spacial score (nSPS) is 17.5. The molecule has 9 heteroatoms. The van der Waals surface area contributed by atoms with Crippen LogP contribution in [-0.2, 0) is 23.9 Å². The number of nitrogens with zero attached hydrogens (tertiary/aromatic N) is 2. The van der Waals surface area contributed by atoms with Crippen LogP contribution in [0.25, 0.3) is 11.4 Å². The van der Waals surface area contributed by atoms with Crippen LogP contribution in [0.4, 0.5) is 13.2 Å². The number of carboxylic acids is 1. The Hall–Kier alpha value is -2.55. The van der Waals surface area contributed by atoms with E-state index in [9.17, 15) is 23.1 Å². The molecule has 0 amide bonds. The Morgan fingerprint density at radius 1 is 1.42 bits per heavy atom. The Kier molecular flexibility index (Phi) is 4.66. The molecule has 140 valence electrons. The highest BCUT2D eigenvalue weighted by molar-refractivity contribution is 5.88. The predicted molar refractivity (Wildman–Crippen MR) is 85.3 cm³/mol. The highest BCUT2D eigenvalue weighted by Crippen LogP contribution is 2.38. The molecule has 1 aromatic heterocycles. The molecule has 1 unspecified atom stereocenters. The highest BCUT2D eigenvalue weighted by atomic mass is 19.4. The number of fused-ring (bicyclic) bond motifs is 1. The second-order valence-corrected chi connectivity index (χ2v) is 5.99. The van der Waals surface area contributed by atoms with Crippen LogP contribution in [-0.4, -0.2) is 40.4 Å². The van der Waals surface area contributed by atoms with E-state index in [4.69, 9.17) is 9.47 Å². The van der Waals surface area contributed by atoms with Gasteiger partial charge in [0.1, 0.15) is 11.6 Å². The number of alkyl halides is 3. The molecule has 0 aliphatic carbocycles. The summed E-state index contributed by atoms with van der Waals surface area (Å²) < 4.78 is 51.3. The monoisotopic (exact) mass is 370 g/mol. The average Bonchev–Trinajstić information content (AvgIpc) is 2.81. The van der Waals surface area contributed by atoms with Crippen molar-refractivity contribution in [3.63, 3.8) is 0 Å². The number of methoxy groups -OCH3 is 1. The van der Waals surface area contributed by atoms with E-state index in [1.54, 1.807) is 4.57 Å². The van der Waals surface area contributed by atoms with Crippen LogP contribution in [0.3, 0.4) is 0 Å². The quantitative estimate of drug-likeness (QED) is 0.898. The Labute approximate surface area is 147 Å². The topological polar surface area (TPSA) is 73.6 Å². The molecular weight excluding hydrogens is 353 g/mol. The van der Waals surface area contributed by atoms with Gasteiger partial charge in [0.15, 0.2) is 5.69 Å². The number of halogens is 3. The van der Waals surface area contributed by atoms with Gasteiger partial charge in [0, 0.05) is 12.0 Å². The van der Waals surface area contributed by atoms with Crippen LogP contribution in [0.15, 0.2) is 18.2 Å². The Bertz CT molecular complexity index is 845. The predicted octanol–water partition coefficient (Wildman–Crippen LogP) is 3.24. The van der Waals surface area contributed by atoms with Gasteiger partial charge in [0.05, 0.1) is 37.6 Å². The van der Waals surface area contributed by atoms with Crippen molar-refractivity contribution < 1.29 is 32.5 Å². The zero-order chi connectivity index (χ0) is 19.1. The van der Waals surface area contributed by atoms with Crippen LogP contribution >= 0.6 is 0 Å². The van der Waals surface area contributed by atoms with Gasteiger partial charge >= 0.3 is 12.1 Å². The van der Waals surface area contributed by atoms with Gasteiger partial charge in [-0.05, 0) is 19.1 Å². The third-order valence-corrected chi connectivity index (χ3v) is 4.22. The number of benzene rings is 1. The number of ether oxygens (including phenoxy) is 2. The van der Waals surface area contributed by atoms with E-state index in [1.807, 2.05) is 6.92 Å². The molecule has 2 heterocycles. The van der Waals surface area contributed by atoms with Gasteiger partial charge in [-0.2, -0.15) is 13.2 Å². The van der Waals surface area contributed by atoms with E-state index in [0.717, 1.165) is 13.2 Å². The maximum absolute atomic E-state index is 13.1. The van der Waals surface area contributed by atoms with Crippen molar-refractivity contribution in [2.75, 3.05) is 13.7 Å². The highest BCUT2D eigenvalue weighted by Gasteiger charge is 2.35. The minimum Gasteiger partial charge on any atom is -0.496 e. The van der Waals surface area contributed by atoms with Gasteiger partial charge in [-0.1, -0.05) is 6.07 Å². The molecule has 0 radical (unpaired) electrons. The molecule has 0 saturated carbocycles. The number of carbonyl (C=O) groups is 1. The summed E-state index contributed by atoms with van der Waals surface area (Å²) in [5, 5.41) is 9.42. The van der Waals surface area contributed by atoms with Crippen molar-refractivity contribution >= 4 is 5.97 Å². The molecule has 0 spiro atoms. The number of imidazole rings is 1. The van der Waals surface area contributed by atoms with Crippen molar-refractivity contribution in [3.8, 4) is 17.1 Å². The van der Waals surface area contributed by atoms with Crippen molar-refractivity contribution in [1.82, 2.24) is 9.55 Å². The van der Waals surface area contributed by atoms with Gasteiger partial charge in [0.25, 0.3) is 0 Å². The first-order valence-corrected chi connectivity index (χ1v) is 7.92. The molecule has 6 nitrogen and oxygen atoms in total. The van der Waals surface area contributed by atoms with E-state index in [2.05, 4.69) is 4.98 Å². The van der Waals surface area contributed by atoms with Crippen LogP contribution in [0, 0.1) is 0 Å². The van der Waals surface area contributed by atoms with Crippen LogP contribution in [0.1, 0.15) is 28.7 Å². The van der Waals surface area contributed by atoms with Crippen molar-refractivity contribution in [2.24, 2.45) is 0 Å². The minimum atomic E-state index is -4.55. The van der Waals surface area contributed by atoms with Gasteiger partial charge in [0.2, 0.25) is 0 Å². The molecule has 1 aromatic carbocycles. The summed E-state index contributed by atoms with van der Waals surface area (Å²) in [5.74, 6) is -1.25. The first-order valence-electron chi connectivity index (χ1n) is 7.92. The number of hydrogen-bond donors (Lipinski definition) is 1.